The summed E-state index contributed by atoms with van der Waals surface area (Å²) in [6.45, 7) is 1.41. The van der Waals surface area contributed by atoms with E-state index >= 15 is 0 Å². The molecule has 2 aromatic carbocycles. The number of anilines is 1. The van der Waals surface area contributed by atoms with Crippen molar-refractivity contribution in [3.8, 4) is 0 Å². The van der Waals surface area contributed by atoms with Gasteiger partial charge in [-0.3, -0.25) is 4.90 Å². The molecular weight excluding hydrogens is 414 g/mol. The highest BCUT2D eigenvalue weighted by molar-refractivity contribution is 7.89. The van der Waals surface area contributed by atoms with Gasteiger partial charge in [0.2, 0.25) is 5.96 Å². The molecule has 5 rings (SSSR count). The number of carbonyl (C=O) groups is 1. The fourth-order valence-corrected chi connectivity index (χ4v) is 5.53. The number of fused-ring (bicyclic) bond motifs is 1. The number of urea groups is 1. The zero-order valence-corrected chi connectivity index (χ0v) is 17.9. The van der Waals surface area contributed by atoms with Crippen molar-refractivity contribution in [2.24, 2.45) is 16.6 Å². The van der Waals surface area contributed by atoms with Gasteiger partial charge in [0.25, 0.3) is 10.0 Å². The van der Waals surface area contributed by atoms with Crippen molar-refractivity contribution in [3.05, 3.63) is 59.7 Å². The Bertz CT molecular complexity index is 1140. The fraction of sp³-hybridized carbons (Fsp3) is 0.364. The Balaban J connectivity index is 1.34. The van der Waals surface area contributed by atoms with E-state index in [1.165, 1.54) is 17.1 Å². The molecule has 162 valence electrons. The van der Waals surface area contributed by atoms with Gasteiger partial charge in [0.05, 0.1) is 17.5 Å². The first kappa shape index (κ1) is 19.9. The van der Waals surface area contributed by atoms with E-state index in [-0.39, 0.29) is 29.5 Å². The van der Waals surface area contributed by atoms with Crippen molar-refractivity contribution >= 4 is 27.7 Å². The van der Waals surface area contributed by atoms with Gasteiger partial charge in [-0.25, -0.2) is 22.5 Å². The third-order valence-corrected chi connectivity index (χ3v) is 7.85. The SMILES string of the molecule is NC1=N[C@@H](c2ccccc2)CN1S(=O)(=O)c1ccc2c(c1)CCN2C(=O)NCC1CC1. The number of nitrogens with one attached hydrogen (secondary N) is 1. The van der Waals surface area contributed by atoms with E-state index in [2.05, 4.69) is 10.3 Å². The summed E-state index contributed by atoms with van der Waals surface area (Å²) in [5.41, 5.74) is 8.53. The maximum Gasteiger partial charge on any atom is 0.321 e. The monoisotopic (exact) mass is 439 g/mol. The maximum absolute atomic E-state index is 13.3. The highest BCUT2D eigenvalue weighted by atomic mass is 32.2. The molecule has 9 heteroatoms. The predicted octanol–water partition coefficient (Wildman–Crippen LogP) is 2.23. The second-order valence-electron chi connectivity index (χ2n) is 8.27. The summed E-state index contributed by atoms with van der Waals surface area (Å²) in [6, 6.07) is 14.0. The van der Waals surface area contributed by atoms with E-state index < -0.39 is 10.0 Å². The molecule has 0 unspecified atom stereocenters. The number of aliphatic imine (C=N–C) groups is 1. The normalized spacial score (nSPS) is 20.5. The van der Waals surface area contributed by atoms with Gasteiger partial charge in [0, 0.05) is 18.8 Å². The van der Waals surface area contributed by atoms with E-state index in [0.29, 0.717) is 25.4 Å². The molecule has 31 heavy (non-hydrogen) atoms. The number of hydrogen-bond donors (Lipinski definition) is 2. The first-order valence-corrected chi connectivity index (χ1v) is 12.0. The number of guanidine groups is 1. The minimum Gasteiger partial charge on any atom is -0.369 e. The van der Waals surface area contributed by atoms with Gasteiger partial charge in [-0.2, -0.15) is 0 Å². The summed E-state index contributed by atoms with van der Waals surface area (Å²) in [5, 5.41) is 2.97. The van der Waals surface area contributed by atoms with Crippen molar-refractivity contribution in [1.29, 1.82) is 0 Å². The minimum atomic E-state index is -3.84. The van der Waals surface area contributed by atoms with Crippen LogP contribution in [0.3, 0.4) is 0 Å². The van der Waals surface area contributed by atoms with E-state index in [4.69, 9.17) is 5.73 Å². The van der Waals surface area contributed by atoms with Gasteiger partial charge < -0.3 is 11.1 Å². The summed E-state index contributed by atoms with van der Waals surface area (Å²) in [6.07, 6.45) is 2.96. The Morgan fingerprint density at radius 1 is 1.16 bits per heavy atom. The lowest BCUT2D eigenvalue weighted by molar-refractivity contribution is 0.246. The fourth-order valence-electron chi connectivity index (χ4n) is 4.12. The molecule has 0 aromatic heterocycles. The van der Waals surface area contributed by atoms with Gasteiger partial charge in [-0.1, -0.05) is 30.3 Å². The zero-order valence-electron chi connectivity index (χ0n) is 17.1. The molecule has 1 atom stereocenters. The number of carbonyl (C=O) groups excluding carboxylic acids is 1. The molecule has 2 aliphatic heterocycles. The van der Waals surface area contributed by atoms with Crippen LogP contribution in [-0.4, -0.2) is 44.3 Å². The molecule has 1 aliphatic carbocycles. The van der Waals surface area contributed by atoms with E-state index in [1.807, 2.05) is 30.3 Å². The summed E-state index contributed by atoms with van der Waals surface area (Å²) in [4.78, 5) is 18.7. The molecule has 8 nitrogen and oxygen atoms in total. The molecule has 1 fully saturated rings. The van der Waals surface area contributed by atoms with Gasteiger partial charge in [-0.05, 0) is 54.5 Å². The Morgan fingerprint density at radius 2 is 1.94 bits per heavy atom. The molecular formula is C22H25N5O3S. The molecule has 1 saturated carbocycles. The number of rotatable bonds is 5. The van der Waals surface area contributed by atoms with Crippen LogP contribution in [-0.2, 0) is 16.4 Å². The minimum absolute atomic E-state index is 0.00423. The molecule has 3 aliphatic rings. The standard InChI is InChI=1S/C22H25N5O3S/c23-21-25-19(16-4-2-1-3-5-16)14-27(21)31(29,30)18-8-9-20-17(12-18)10-11-26(20)22(28)24-13-15-6-7-15/h1-5,8-9,12,15,19H,6-7,10-11,13-14H2,(H2,23,25)(H,24,28)/t19-/m1/s1. The van der Waals surface area contributed by atoms with Crippen molar-refractivity contribution in [1.82, 2.24) is 9.62 Å². The maximum atomic E-state index is 13.3. The zero-order chi connectivity index (χ0) is 21.6. The highest BCUT2D eigenvalue weighted by Gasteiger charge is 2.36. The molecule has 0 bridgehead atoms. The van der Waals surface area contributed by atoms with Crippen LogP contribution in [0.25, 0.3) is 0 Å². The number of nitrogens with zero attached hydrogens (tertiary/aromatic N) is 3. The lowest BCUT2D eigenvalue weighted by Crippen LogP contribution is -2.40. The lowest BCUT2D eigenvalue weighted by Gasteiger charge is -2.20. The van der Waals surface area contributed by atoms with Crippen LogP contribution in [0.15, 0.2) is 58.4 Å². The number of sulfonamides is 1. The van der Waals surface area contributed by atoms with Crippen molar-refractivity contribution < 1.29 is 13.2 Å². The van der Waals surface area contributed by atoms with Gasteiger partial charge in [-0.15, -0.1) is 0 Å². The number of hydrogen-bond acceptors (Lipinski definition) is 5. The van der Waals surface area contributed by atoms with Crippen LogP contribution in [0.2, 0.25) is 0 Å². The highest BCUT2D eigenvalue weighted by Crippen LogP contribution is 2.33. The Kier molecular flexibility index (Phi) is 4.85. The average molecular weight is 440 g/mol. The topological polar surface area (TPSA) is 108 Å². The van der Waals surface area contributed by atoms with Crippen LogP contribution >= 0.6 is 0 Å². The smallest absolute Gasteiger partial charge is 0.321 e. The molecule has 2 heterocycles. The molecule has 2 aromatic rings. The second kappa shape index (κ2) is 7.56. The third-order valence-electron chi connectivity index (χ3n) is 6.09. The first-order chi connectivity index (χ1) is 14.9. The predicted molar refractivity (Wildman–Crippen MR) is 118 cm³/mol. The van der Waals surface area contributed by atoms with Gasteiger partial charge in [0.1, 0.15) is 0 Å². The molecule has 2 amide bonds. The molecule has 3 N–H and O–H groups in total. The van der Waals surface area contributed by atoms with E-state index in [9.17, 15) is 13.2 Å². The van der Waals surface area contributed by atoms with Crippen molar-refractivity contribution in [2.45, 2.75) is 30.2 Å². The number of amides is 2. The van der Waals surface area contributed by atoms with Crippen LogP contribution in [0.5, 0.6) is 0 Å². The van der Waals surface area contributed by atoms with Crippen molar-refractivity contribution in [2.75, 3.05) is 24.5 Å². The third kappa shape index (κ3) is 3.74. The van der Waals surface area contributed by atoms with Crippen LogP contribution in [0.1, 0.15) is 30.0 Å². The molecule has 0 spiro atoms. The van der Waals surface area contributed by atoms with Crippen LogP contribution < -0.4 is 16.0 Å². The lowest BCUT2D eigenvalue weighted by atomic mass is 10.1. The number of nitrogens with two attached hydrogens (primary N) is 1. The molecule has 0 radical (unpaired) electrons. The summed E-state index contributed by atoms with van der Waals surface area (Å²) in [7, 11) is -3.84. The van der Waals surface area contributed by atoms with Crippen molar-refractivity contribution in [3.63, 3.8) is 0 Å². The molecule has 0 saturated heterocycles. The summed E-state index contributed by atoms with van der Waals surface area (Å²) in [5.74, 6) is 0.598. The Hall–Kier alpha value is -3.07. The van der Waals surface area contributed by atoms with E-state index in [1.54, 1.807) is 23.1 Å². The Labute approximate surface area is 181 Å². The first-order valence-electron chi connectivity index (χ1n) is 10.5. The largest absolute Gasteiger partial charge is 0.369 e. The Morgan fingerprint density at radius 3 is 2.68 bits per heavy atom. The number of benzene rings is 2. The van der Waals surface area contributed by atoms with E-state index in [0.717, 1.165) is 16.8 Å². The van der Waals surface area contributed by atoms with Gasteiger partial charge >= 0.3 is 6.03 Å². The van der Waals surface area contributed by atoms with Crippen LogP contribution in [0, 0.1) is 5.92 Å². The van der Waals surface area contributed by atoms with Crippen LogP contribution in [0.4, 0.5) is 10.5 Å². The average Bonchev–Trinajstić information content (AvgIpc) is 3.37. The second-order valence-corrected chi connectivity index (χ2v) is 10.1. The summed E-state index contributed by atoms with van der Waals surface area (Å²) < 4.78 is 27.8. The quantitative estimate of drug-likeness (QED) is 0.745. The van der Waals surface area contributed by atoms with Gasteiger partial charge in [0.15, 0.2) is 0 Å². The summed E-state index contributed by atoms with van der Waals surface area (Å²) >= 11 is 0.